The Bertz CT molecular complexity index is 270. The van der Waals surface area contributed by atoms with Crippen LogP contribution in [0.5, 0.6) is 0 Å². The van der Waals surface area contributed by atoms with Gasteiger partial charge in [-0.15, -0.1) is 0 Å². The van der Waals surface area contributed by atoms with E-state index in [1.165, 1.54) is 11.8 Å². The van der Waals surface area contributed by atoms with Crippen molar-refractivity contribution >= 4 is 18.0 Å². The predicted octanol–water partition coefficient (Wildman–Crippen LogP) is 1.96. The largest absolute Gasteiger partial charge is 0.447 e. The van der Waals surface area contributed by atoms with E-state index in [4.69, 9.17) is 9.52 Å². The molecule has 0 aromatic carbocycles. The zero-order chi connectivity index (χ0) is 9.68. The van der Waals surface area contributed by atoms with Crippen LogP contribution in [0.3, 0.4) is 0 Å². The van der Waals surface area contributed by atoms with E-state index in [0.717, 1.165) is 11.5 Å². The van der Waals surface area contributed by atoms with Gasteiger partial charge in [-0.05, 0) is 18.6 Å². The fourth-order valence-corrected chi connectivity index (χ4v) is 1.81. The highest BCUT2D eigenvalue weighted by Crippen LogP contribution is 2.26. The number of thioether (sulfide) groups is 1. The number of aldehydes is 1. The number of rotatable bonds is 5. The number of carbonyl (C=O) groups is 1. The second-order valence-electron chi connectivity index (χ2n) is 2.72. The second kappa shape index (κ2) is 5.09. The Kier molecular flexibility index (Phi) is 4.05. The maximum Gasteiger partial charge on any atom is 0.185 e. The van der Waals surface area contributed by atoms with Gasteiger partial charge < -0.3 is 9.52 Å². The van der Waals surface area contributed by atoms with Gasteiger partial charge >= 0.3 is 0 Å². The normalized spacial score (nSPS) is 12.8. The summed E-state index contributed by atoms with van der Waals surface area (Å²) in [7, 11) is 0. The number of carbonyl (C=O) groups excluding carboxylic acids is 1. The summed E-state index contributed by atoms with van der Waals surface area (Å²) in [6, 6.07) is 3.41. The monoisotopic (exact) mass is 200 g/mol. The number of aliphatic hydroxyl groups excluding tert-OH is 1. The number of furan rings is 1. The van der Waals surface area contributed by atoms with Gasteiger partial charge in [0.1, 0.15) is 0 Å². The lowest BCUT2D eigenvalue weighted by Gasteiger charge is -2.05. The van der Waals surface area contributed by atoms with Crippen LogP contribution in [0.4, 0.5) is 0 Å². The van der Waals surface area contributed by atoms with Gasteiger partial charge in [-0.2, -0.15) is 0 Å². The maximum absolute atomic E-state index is 10.3. The molecular formula is C9H12O3S. The van der Waals surface area contributed by atoms with Gasteiger partial charge in [0.2, 0.25) is 0 Å². The summed E-state index contributed by atoms with van der Waals surface area (Å²) >= 11 is 1.52. The zero-order valence-corrected chi connectivity index (χ0v) is 8.21. The van der Waals surface area contributed by atoms with Crippen LogP contribution in [-0.4, -0.2) is 23.2 Å². The highest BCUT2D eigenvalue weighted by atomic mass is 32.2. The van der Waals surface area contributed by atoms with Crippen molar-refractivity contribution in [1.29, 1.82) is 0 Å². The summed E-state index contributed by atoms with van der Waals surface area (Å²) in [5.41, 5.74) is 0. The molecule has 0 spiro atoms. The molecular weight excluding hydrogens is 188 g/mol. The topological polar surface area (TPSA) is 50.4 Å². The summed E-state index contributed by atoms with van der Waals surface area (Å²) in [5.74, 6) is 0.346. The fourth-order valence-electron chi connectivity index (χ4n) is 0.900. The van der Waals surface area contributed by atoms with E-state index >= 15 is 0 Å². The van der Waals surface area contributed by atoms with Crippen LogP contribution in [0, 0.1) is 0 Å². The fraction of sp³-hybridized carbons (Fsp3) is 0.444. The first-order valence-electron chi connectivity index (χ1n) is 4.08. The Balaban J connectivity index is 2.48. The summed E-state index contributed by atoms with van der Waals surface area (Å²) in [5, 5.41) is 9.69. The molecule has 1 N–H and O–H groups in total. The van der Waals surface area contributed by atoms with Crippen LogP contribution in [0.2, 0.25) is 0 Å². The summed E-state index contributed by atoms with van der Waals surface area (Å²) in [4.78, 5) is 10.3. The van der Waals surface area contributed by atoms with Crippen molar-refractivity contribution in [3.8, 4) is 0 Å². The van der Waals surface area contributed by atoms with Crippen molar-refractivity contribution < 1.29 is 14.3 Å². The van der Waals surface area contributed by atoms with Crippen molar-refractivity contribution in [3.05, 3.63) is 17.9 Å². The van der Waals surface area contributed by atoms with Crippen LogP contribution >= 0.6 is 11.8 Å². The van der Waals surface area contributed by atoms with Crippen molar-refractivity contribution in [1.82, 2.24) is 0 Å². The summed E-state index contributed by atoms with van der Waals surface area (Å²) in [6.45, 7) is 2.18. The highest BCUT2D eigenvalue weighted by Gasteiger charge is 2.07. The second-order valence-corrected chi connectivity index (χ2v) is 4.16. The third-order valence-electron chi connectivity index (χ3n) is 1.57. The van der Waals surface area contributed by atoms with Crippen molar-refractivity contribution in [2.75, 3.05) is 6.61 Å². The van der Waals surface area contributed by atoms with Gasteiger partial charge in [-0.1, -0.05) is 18.7 Å². The van der Waals surface area contributed by atoms with Crippen molar-refractivity contribution in [2.45, 2.75) is 23.7 Å². The molecule has 4 heteroatoms. The molecule has 0 radical (unpaired) electrons. The van der Waals surface area contributed by atoms with Gasteiger partial charge in [-0.25, -0.2) is 0 Å². The van der Waals surface area contributed by atoms with Crippen LogP contribution in [0.15, 0.2) is 21.6 Å². The Morgan fingerprint density at radius 2 is 2.46 bits per heavy atom. The quantitative estimate of drug-likeness (QED) is 0.583. The lowest BCUT2D eigenvalue weighted by molar-refractivity contribution is 0.109. The highest BCUT2D eigenvalue weighted by molar-refractivity contribution is 7.99. The van der Waals surface area contributed by atoms with Gasteiger partial charge in [0.05, 0.1) is 0 Å². The lowest BCUT2D eigenvalue weighted by Crippen LogP contribution is -1.98. The summed E-state index contributed by atoms with van der Waals surface area (Å²) < 4.78 is 5.16. The standard InChI is InChI=1S/C9H12O3S/c1-7(4-5-10)13-9-3-2-8(6-11)12-9/h2-3,6-7,10H,4-5H2,1H3. The number of hydrogen-bond donors (Lipinski definition) is 1. The van der Waals surface area contributed by atoms with Crippen LogP contribution in [-0.2, 0) is 0 Å². The molecule has 0 fully saturated rings. The van der Waals surface area contributed by atoms with Crippen molar-refractivity contribution in [2.24, 2.45) is 0 Å². The number of aliphatic hydroxyl groups is 1. The minimum Gasteiger partial charge on any atom is -0.447 e. The average molecular weight is 200 g/mol. The molecule has 0 aliphatic heterocycles. The Morgan fingerprint density at radius 3 is 3.00 bits per heavy atom. The van der Waals surface area contributed by atoms with E-state index < -0.39 is 0 Å². The molecule has 1 rings (SSSR count). The van der Waals surface area contributed by atoms with Gasteiger partial charge in [0, 0.05) is 11.9 Å². The molecule has 0 saturated heterocycles. The third kappa shape index (κ3) is 3.24. The van der Waals surface area contributed by atoms with Gasteiger partial charge in [-0.3, -0.25) is 4.79 Å². The Labute approximate surface area is 81.1 Å². The molecule has 0 amide bonds. The van der Waals surface area contributed by atoms with E-state index in [1.54, 1.807) is 12.1 Å². The van der Waals surface area contributed by atoms with Gasteiger partial charge in [0.15, 0.2) is 17.1 Å². The smallest absolute Gasteiger partial charge is 0.185 e. The predicted molar refractivity (Wildman–Crippen MR) is 51.1 cm³/mol. The van der Waals surface area contributed by atoms with E-state index in [1.807, 2.05) is 6.92 Å². The zero-order valence-electron chi connectivity index (χ0n) is 7.40. The first-order chi connectivity index (χ1) is 6.26. The van der Waals surface area contributed by atoms with E-state index in [-0.39, 0.29) is 6.61 Å². The van der Waals surface area contributed by atoms with E-state index in [9.17, 15) is 4.79 Å². The molecule has 0 bridgehead atoms. The van der Waals surface area contributed by atoms with Crippen LogP contribution in [0.1, 0.15) is 23.9 Å². The van der Waals surface area contributed by atoms with Gasteiger partial charge in [0.25, 0.3) is 0 Å². The number of hydrogen-bond acceptors (Lipinski definition) is 4. The molecule has 1 aromatic rings. The first-order valence-corrected chi connectivity index (χ1v) is 4.96. The molecule has 72 valence electrons. The molecule has 1 atom stereocenters. The molecule has 1 aromatic heterocycles. The van der Waals surface area contributed by atoms with Crippen LogP contribution < -0.4 is 0 Å². The molecule has 0 aliphatic carbocycles. The molecule has 1 heterocycles. The third-order valence-corrected chi connectivity index (χ3v) is 2.66. The Hall–Kier alpha value is -0.740. The van der Waals surface area contributed by atoms with Crippen LogP contribution in [0.25, 0.3) is 0 Å². The van der Waals surface area contributed by atoms with E-state index in [0.29, 0.717) is 17.3 Å². The first kappa shape index (κ1) is 10.3. The average Bonchev–Trinajstić information content (AvgIpc) is 2.52. The Morgan fingerprint density at radius 1 is 1.69 bits per heavy atom. The lowest BCUT2D eigenvalue weighted by atomic mass is 10.3. The molecule has 0 saturated carbocycles. The van der Waals surface area contributed by atoms with E-state index in [2.05, 4.69) is 0 Å². The minimum absolute atomic E-state index is 0.176. The van der Waals surface area contributed by atoms with Crippen molar-refractivity contribution in [3.63, 3.8) is 0 Å². The maximum atomic E-state index is 10.3. The molecule has 0 aliphatic rings. The SMILES string of the molecule is CC(CCO)Sc1ccc(C=O)o1. The molecule has 13 heavy (non-hydrogen) atoms. The summed E-state index contributed by atoms with van der Waals surface area (Å²) in [6.07, 6.45) is 1.41. The minimum atomic E-state index is 0.176. The molecule has 3 nitrogen and oxygen atoms in total. The molecule has 1 unspecified atom stereocenters.